The Morgan fingerprint density at radius 2 is 2.33 bits per heavy atom. The lowest BCUT2D eigenvalue weighted by Crippen LogP contribution is -2.11. The van der Waals surface area contributed by atoms with Gasteiger partial charge < -0.3 is 4.74 Å². The van der Waals surface area contributed by atoms with Gasteiger partial charge in [0.1, 0.15) is 17.8 Å². The molecule has 15 heavy (non-hydrogen) atoms. The van der Waals surface area contributed by atoms with Gasteiger partial charge in [0.2, 0.25) is 0 Å². The molecule has 0 fully saturated rings. The summed E-state index contributed by atoms with van der Waals surface area (Å²) in [5, 5.41) is 0. The summed E-state index contributed by atoms with van der Waals surface area (Å²) in [5.41, 5.74) is 0.326. The lowest BCUT2D eigenvalue weighted by atomic mass is 10.3. The molecule has 0 saturated heterocycles. The number of hydrogen-bond acceptors (Lipinski definition) is 4. The quantitative estimate of drug-likeness (QED) is 0.729. The predicted molar refractivity (Wildman–Crippen MR) is 52.7 cm³/mol. The number of hydrogen-bond donors (Lipinski definition) is 0. The highest BCUT2D eigenvalue weighted by atomic mass is 16.5. The molecule has 0 aliphatic heterocycles. The molecule has 0 N–H and O–H groups in total. The molecule has 0 amide bonds. The lowest BCUT2D eigenvalue weighted by Gasteiger charge is -2.02. The molecule has 2 rings (SSSR count). The van der Waals surface area contributed by atoms with Crippen LogP contribution in [0.15, 0.2) is 37.1 Å². The summed E-state index contributed by atoms with van der Waals surface area (Å²) < 4.78 is 6.37. The van der Waals surface area contributed by atoms with E-state index in [4.69, 9.17) is 4.74 Å². The highest BCUT2D eigenvalue weighted by Gasteiger charge is 2.09. The van der Waals surface area contributed by atoms with Gasteiger partial charge in [-0.1, -0.05) is 0 Å². The number of methoxy groups -OCH3 is 1. The van der Waals surface area contributed by atoms with Gasteiger partial charge in [-0.2, -0.15) is 0 Å². The normalized spacial score (nSPS) is 9.93. The molecule has 2 heterocycles. The van der Waals surface area contributed by atoms with Crippen LogP contribution in [-0.2, 0) is 0 Å². The second-order valence-corrected chi connectivity index (χ2v) is 2.86. The van der Waals surface area contributed by atoms with Gasteiger partial charge in [0, 0.05) is 24.7 Å². The van der Waals surface area contributed by atoms with Crippen molar-refractivity contribution < 1.29 is 9.53 Å². The van der Waals surface area contributed by atoms with E-state index in [2.05, 4.69) is 9.97 Å². The van der Waals surface area contributed by atoms with Crippen LogP contribution in [0.2, 0.25) is 0 Å². The van der Waals surface area contributed by atoms with E-state index in [-0.39, 0.29) is 5.91 Å². The van der Waals surface area contributed by atoms with Crippen LogP contribution < -0.4 is 4.74 Å². The fraction of sp³-hybridized carbons (Fsp3) is 0.100. The van der Waals surface area contributed by atoms with Gasteiger partial charge >= 0.3 is 0 Å². The van der Waals surface area contributed by atoms with Crippen molar-refractivity contribution in [3.8, 4) is 5.75 Å². The van der Waals surface area contributed by atoms with E-state index >= 15 is 0 Å². The second kappa shape index (κ2) is 3.91. The maximum Gasteiger partial charge on any atom is 0.281 e. The third kappa shape index (κ3) is 1.85. The van der Waals surface area contributed by atoms with Crippen molar-refractivity contribution in [2.24, 2.45) is 0 Å². The summed E-state index contributed by atoms with van der Waals surface area (Å²) in [6.07, 6.45) is 6.08. The van der Waals surface area contributed by atoms with E-state index in [1.54, 1.807) is 25.4 Å². The summed E-state index contributed by atoms with van der Waals surface area (Å²) in [5.74, 6) is 0.375. The Balaban J connectivity index is 2.34. The number of carbonyl (C=O) groups excluding carboxylic acids is 1. The molecule has 2 aromatic heterocycles. The van der Waals surface area contributed by atoms with E-state index in [0.29, 0.717) is 11.4 Å². The first kappa shape index (κ1) is 9.39. The van der Waals surface area contributed by atoms with Crippen LogP contribution in [-0.4, -0.2) is 27.6 Å². The zero-order chi connectivity index (χ0) is 10.7. The van der Waals surface area contributed by atoms with Gasteiger partial charge in [0.15, 0.2) is 0 Å². The van der Waals surface area contributed by atoms with E-state index in [1.807, 2.05) is 0 Å². The first-order chi connectivity index (χ1) is 7.31. The Morgan fingerprint density at radius 1 is 1.47 bits per heavy atom. The summed E-state index contributed by atoms with van der Waals surface area (Å²) in [7, 11) is 1.54. The minimum absolute atomic E-state index is 0.230. The molecule has 0 radical (unpaired) electrons. The smallest absolute Gasteiger partial charge is 0.281 e. The van der Waals surface area contributed by atoms with Crippen molar-refractivity contribution in [2.75, 3.05) is 7.11 Å². The summed E-state index contributed by atoms with van der Waals surface area (Å²) in [4.78, 5) is 19.5. The zero-order valence-electron chi connectivity index (χ0n) is 8.12. The van der Waals surface area contributed by atoms with Gasteiger partial charge in [-0.3, -0.25) is 14.3 Å². The van der Waals surface area contributed by atoms with Crippen LogP contribution in [0.5, 0.6) is 5.75 Å². The maximum atomic E-state index is 11.8. The van der Waals surface area contributed by atoms with Crippen LogP contribution in [0.25, 0.3) is 0 Å². The predicted octanol–water partition coefficient (Wildman–Crippen LogP) is 0.975. The number of pyridine rings is 1. The SMILES string of the molecule is COc1ccnc(C(=O)n2ccnc2)c1. The van der Waals surface area contributed by atoms with Crippen molar-refractivity contribution in [1.82, 2.24) is 14.5 Å². The Labute approximate surface area is 86.4 Å². The van der Waals surface area contributed by atoms with Gasteiger partial charge in [-0.25, -0.2) is 4.98 Å². The molecule has 2 aromatic rings. The molecule has 0 saturated carbocycles. The monoisotopic (exact) mass is 203 g/mol. The van der Waals surface area contributed by atoms with Crippen molar-refractivity contribution in [2.45, 2.75) is 0 Å². The van der Waals surface area contributed by atoms with E-state index in [1.165, 1.54) is 23.3 Å². The van der Waals surface area contributed by atoms with Crippen LogP contribution in [0.4, 0.5) is 0 Å². The minimum atomic E-state index is -0.230. The first-order valence-corrected chi connectivity index (χ1v) is 4.34. The number of aromatic nitrogens is 3. The Bertz CT molecular complexity index is 465. The highest BCUT2D eigenvalue weighted by molar-refractivity contribution is 5.94. The molecular weight excluding hydrogens is 194 g/mol. The van der Waals surface area contributed by atoms with Gasteiger partial charge in [0.05, 0.1) is 7.11 Å². The van der Waals surface area contributed by atoms with Crippen LogP contribution in [0.1, 0.15) is 10.5 Å². The number of ether oxygens (including phenoxy) is 1. The highest BCUT2D eigenvalue weighted by Crippen LogP contribution is 2.10. The fourth-order valence-electron chi connectivity index (χ4n) is 1.17. The van der Waals surface area contributed by atoms with E-state index < -0.39 is 0 Å². The average molecular weight is 203 g/mol. The standard InChI is InChI=1S/C10H9N3O2/c1-15-8-2-3-12-9(6-8)10(14)13-5-4-11-7-13/h2-7H,1H3. The Hall–Kier alpha value is -2.17. The van der Waals surface area contributed by atoms with Gasteiger partial charge in [-0.15, -0.1) is 0 Å². The second-order valence-electron chi connectivity index (χ2n) is 2.86. The summed E-state index contributed by atoms with van der Waals surface area (Å²) in [6.45, 7) is 0. The maximum absolute atomic E-state index is 11.8. The van der Waals surface area contributed by atoms with Gasteiger partial charge in [0.25, 0.3) is 5.91 Å². The molecule has 5 nitrogen and oxygen atoms in total. The van der Waals surface area contributed by atoms with E-state index in [9.17, 15) is 4.79 Å². The number of nitrogens with zero attached hydrogens (tertiary/aromatic N) is 3. The summed E-state index contributed by atoms with van der Waals surface area (Å²) >= 11 is 0. The summed E-state index contributed by atoms with van der Waals surface area (Å²) in [6, 6.07) is 3.27. The minimum Gasteiger partial charge on any atom is -0.497 e. The third-order valence-electron chi connectivity index (χ3n) is 1.93. The molecule has 5 heteroatoms. The third-order valence-corrected chi connectivity index (χ3v) is 1.93. The fourth-order valence-corrected chi connectivity index (χ4v) is 1.17. The number of imidazole rings is 1. The van der Waals surface area contributed by atoms with Crippen LogP contribution in [0.3, 0.4) is 0 Å². The Morgan fingerprint density at radius 3 is 3.00 bits per heavy atom. The molecule has 0 aliphatic rings. The zero-order valence-corrected chi connectivity index (χ0v) is 8.12. The number of carbonyl (C=O) groups is 1. The molecule has 0 aromatic carbocycles. The molecule has 0 bridgehead atoms. The van der Waals surface area contributed by atoms with Crippen LogP contribution in [0, 0.1) is 0 Å². The Kier molecular flexibility index (Phi) is 2.45. The molecule has 0 aliphatic carbocycles. The molecule has 0 spiro atoms. The van der Waals surface area contributed by atoms with E-state index in [0.717, 1.165) is 0 Å². The largest absolute Gasteiger partial charge is 0.497 e. The average Bonchev–Trinajstić information content (AvgIpc) is 2.81. The molecule has 76 valence electrons. The van der Waals surface area contributed by atoms with Crippen molar-refractivity contribution in [3.63, 3.8) is 0 Å². The number of rotatable bonds is 2. The van der Waals surface area contributed by atoms with Crippen molar-refractivity contribution in [3.05, 3.63) is 42.7 Å². The van der Waals surface area contributed by atoms with Gasteiger partial charge in [-0.05, 0) is 6.07 Å². The lowest BCUT2D eigenvalue weighted by molar-refractivity contribution is 0.0954. The van der Waals surface area contributed by atoms with Crippen molar-refractivity contribution >= 4 is 5.91 Å². The van der Waals surface area contributed by atoms with Crippen molar-refractivity contribution in [1.29, 1.82) is 0 Å². The van der Waals surface area contributed by atoms with Crippen LogP contribution >= 0.6 is 0 Å². The first-order valence-electron chi connectivity index (χ1n) is 4.34. The topological polar surface area (TPSA) is 57.0 Å². The molecular formula is C10H9N3O2. The molecule has 0 unspecified atom stereocenters. The molecule has 0 atom stereocenters.